The zero-order valence-corrected chi connectivity index (χ0v) is 22.8. The van der Waals surface area contributed by atoms with Gasteiger partial charge >= 0.3 is 5.97 Å². The van der Waals surface area contributed by atoms with Gasteiger partial charge in [-0.1, -0.05) is 13.3 Å². The number of unbranched alkanes of at least 4 members (excludes halogenated alkanes) is 1. The molecule has 3 unspecified atom stereocenters. The highest BCUT2D eigenvalue weighted by Crippen LogP contribution is 2.47. The van der Waals surface area contributed by atoms with Gasteiger partial charge in [0.25, 0.3) is 0 Å². The molecule has 40 heavy (non-hydrogen) atoms. The van der Waals surface area contributed by atoms with Crippen molar-refractivity contribution in [2.75, 3.05) is 38.4 Å². The Morgan fingerprint density at radius 1 is 1.23 bits per heavy atom. The number of aryl methyl sites for hydroxylation is 1. The second-order valence-corrected chi connectivity index (χ2v) is 10.1. The second-order valence-electron chi connectivity index (χ2n) is 10.1. The molecule has 1 aromatic carbocycles. The lowest BCUT2D eigenvalue weighted by atomic mass is 9.84. The van der Waals surface area contributed by atoms with Crippen molar-refractivity contribution >= 4 is 17.6 Å². The summed E-state index contributed by atoms with van der Waals surface area (Å²) in [5.41, 5.74) is 1.52. The number of nitrogens with zero attached hydrogens (tertiary/aromatic N) is 5. The van der Waals surface area contributed by atoms with Crippen LogP contribution in [0.3, 0.4) is 0 Å². The number of rotatable bonds is 12. The van der Waals surface area contributed by atoms with Crippen molar-refractivity contribution in [3.05, 3.63) is 60.7 Å². The third-order valence-corrected chi connectivity index (χ3v) is 7.69. The normalized spacial score (nSPS) is 20.0. The van der Waals surface area contributed by atoms with Crippen LogP contribution < -0.4 is 19.1 Å². The Bertz CT molecular complexity index is 1300. The number of ether oxygens (including phenoxy) is 3. The summed E-state index contributed by atoms with van der Waals surface area (Å²) >= 11 is 0. The molecule has 0 aliphatic carbocycles. The van der Waals surface area contributed by atoms with Crippen molar-refractivity contribution < 1.29 is 28.9 Å². The van der Waals surface area contributed by atoms with Crippen LogP contribution in [0.1, 0.15) is 37.7 Å². The number of aliphatic carboxylic acids is 1. The van der Waals surface area contributed by atoms with E-state index in [-0.39, 0.29) is 25.2 Å². The van der Waals surface area contributed by atoms with E-state index in [0.29, 0.717) is 43.3 Å². The number of benzene rings is 1. The largest absolute Gasteiger partial charge is 0.493 e. The van der Waals surface area contributed by atoms with Crippen molar-refractivity contribution in [3.8, 4) is 17.2 Å². The first kappa shape index (κ1) is 27.4. The third-order valence-electron chi connectivity index (χ3n) is 7.69. The minimum absolute atomic E-state index is 0.0806. The van der Waals surface area contributed by atoms with Gasteiger partial charge in [-0.25, -0.2) is 0 Å². The number of hydrogen-bond donors (Lipinski definition) is 1. The summed E-state index contributed by atoms with van der Waals surface area (Å²) in [4.78, 5) is 34.6. The van der Waals surface area contributed by atoms with Gasteiger partial charge in [-0.15, -0.1) is 0 Å². The molecule has 1 saturated heterocycles. The number of carbonyl (C=O) groups excluding carboxylic acids is 1. The van der Waals surface area contributed by atoms with Crippen LogP contribution in [-0.4, -0.2) is 76.2 Å². The van der Waals surface area contributed by atoms with E-state index < -0.39 is 17.9 Å². The highest BCUT2D eigenvalue weighted by atomic mass is 16.7. The number of likely N-dealkylation sites (tertiary alicyclic amines) is 1. The number of amides is 1. The summed E-state index contributed by atoms with van der Waals surface area (Å²) in [6.45, 7) is 3.74. The van der Waals surface area contributed by atoms with Crippen LogP contribution in [0.4, 0.5) is 5.69 Å². The molecular weight excluding hydrogens is 514 g/mol. The molecule has 0 bridgehead atoms. The van der Waals surface area contributed by atoms with Crippen molar-refractivity contribution in [3.63, 3.8) is 0 Å². The SMILES string of the molecule is CCCCN(C(=O)CN1CC(c2cc(OC)c3c(c2)OCO3)C(C(=O)O)C1CCn1cccn1)c1cccnc1. The molecule has 0 spiro atoms. The molecule has 3 atom stereocenters. The van der Waals surface area contributed by atoms with Crippen LogP contribution in [0.2, 0.25) is 0 Å². The summed E-state index contributed by atoms with van der Waals surface area (Å²) in [7, 11) is 1.55. The predicted octanol–water partition coefficient (Wildman–Crippen LogP) is 3.41. The van der Waals surface area contributed by atoms with E-state index in [1.54, 1.807) is 35.3 Å². The van der Waals surface area contributed by atoms with Crippen molar-refractivity contribution in [2.45, 2.75) is 44.7 Å². The number of anilines is 1. The monoisotopic (exact) mass is 549 g/mol. The van der Waals surface area contributed by atoms with Gasteiger partial charge in [0, 0.05) is 50.2 Å². The van der Waals surface area contributed by atoms with E-state index >= 15 is 0 Å². The lowest BCUT2D eigenvalue weighted by Crippen LogP contribution is -2.45. The standard InChI is InChI=1S/C29H35N5O6/c1-3-4-12-34(21-7-5-9-30-16-21)26(35)18-32-17-22(20-14-24(38-2)28-25(15-20)39-19-40-28)27(29(36)37)23(32)8-13-33-11-6-10-31-33/h5-7,9-11,14-16,22-23,27H,3-4,8,12-13,17-19H2,1-2H3,(H,36,37). The van der Waals surface area contributed by atoms with Gasteiger partial charge in [-0.05, 0) is 48.7 Å². The van der Waals surface area contributed by atoms with E-state index in [2.05, 4.69) is 17.0 Å². The number of pyridine rings is 1. The van der Waals surface area contributed by atoms with E-state index in [1.807, 2.05) is 41.4 Å². The van der Waals surface area contributed by atoms with Gasteiger partial charge in [0.2, 0.25) is 18.4 Å². The molecule has 11 nitrogen and oxygen atoms in total. The summed E-state index contributed by atoms with van der Waals surface area (Å²) in [6, 6.07) is 8.80. The minimum Gasteiger partial charge on any atom is -0.493 e. The number of methoxy groups -OCH3 is 1. The first-order valence-electron chi connectivity index (χ1n) is 13.6. The molecule has 1 amide bonds. The first-order chi connectivity index (χ1) is 19.5. The highest BCUT2D eigenvalue weighted by Gasteiger charge is 2.47. The Balaban J connectivity index is 1.46. The molecule has 5 rings (SSSR count). The summed E-state index contributed by atoms with van der Waals surface area (Å²) < 4.78 is 18.5. The average molecular weight is 550 g/mol. The number of carboxylic acids is 1. The van der Waals surface area contributed by atoms with Gasteiger partial charge in [0.1, 0.15) is 0 Å². The summed E-state index contributed by atoms with van der Waals surface area (Å²) in [5, 5.41) is 14.8. The maximum atomic E-state index is 13.8. The van der Waals surface area contributed by atoms with Gasteiger partial charge in [-0.3, -0.25) is 24.2 Å². The van der Waals surface area contributed by atoms with Crippen LogP contribution in [-0.2, 0) is 16.1 Å². The number of carboxylic acid groups (broad SMARTS) is 1. The molecule has 1 fully saturated rings. The molecule has 3 aromatic rings. The molecule has 2 aromatic heterocycles. The van der Waals surface area contributed by atoms with E-state index in [4.69, 9.17) is 14.2 Å². The van der Waals surface area contributed by atoms with Crippen LogP contribution in [0.5, 0.6) is 17.2 Å². The van der Waals surface area contributed by atoms with Crippen LogP contribution in [0.25, 0.3) is 0 Å². The fraction of sp³-hybridized carbons (Fsp3) is 0.448. The Morgan fingerprint density at radius 3 is 2.80 bits per heavy atom. The lowest BCUT2D eigenvalue weighted by Gasteiger charge is -2.29. The Labute approximate surface area is 233 Å². The third kappa shape index (κ3) is 5.74. The average Bonchev–Trinajstić information content (AvgIpc) is 3.72. The van der Waals surface area contributed by atoms with Gasteiger partial charge in [0.05, 0.1) is 31.5 Å². The topological polar surface area (TPSA) is 119 Å². The van der Waals surface area contributed by atoms with Crippen molar-refractivity contribution in [1.82, 2.24) is 19.7 Å². The van der Waals surface area contributed by atoms with E-state index in [1.165, 1.54) is 0 Å². The van der Waals surface area contributed by atoms with E-state index in [0.717, 1.165) is 24.1 Å². The second kappa shape index (κ2) is 12.4. The van der Waals surface area contributed by atoms with Gasteiger partial charge in [0.15, 0.2) is 11.5 Å². The molecule has 1 N–H and O–H groups in total. The molecular formula is C29H35N5O6. The fourth-order valence-corrected chi connectivity index (χ4v) is 5.74. The Morgan fingerprint density at radius 2 is 2.10 bits per heavy atom. The number of fused-ring (bicyclic) bond motifs is 1. The van der Waals surface area contributed by atoms with Crippen LogP contribution >= 0.6 is 0 Å². The molecule has 2 aliphatic rings. The Kier molecular flexibility index (Phi) is 8.49. The van der Waals surface area contributed by atoms with Crippen molar-refractivity contribution in [1.29, 1.82) is 0 Å². The maximum Gasteiger partial charge on any atom is 0.308 e. The zero-order chi connectivity index (χ0) is 28.1. The first-order valence-corrected chi connectivity index (χ1v) is 13.6. The molecule has 2 aliphatic heterocycles. The molecule has 4 heterocycles. The maximum absolute atomic E-state index is 13.8. The minimum atomic E-state index is -0.905. The van der Waals surface area contributed by atoms with Gasteiger partial charge in [-0.2, -0.15) is 5.10 Å². The smallest absolute Gasteiger partial charge is 0.308 e. The Hall–Kier alpha value is -4.12. The van der Waals surface area contributed by atoms with Gasteiger partial charge < -0.3 is 24.2 Å². The molecule has 0 radical (unpaired) electrons. The molecule has 11 heteroatoms. The number of aromatic nitrogens is 3. The zero-order valence-electron chi connectivity index (χ0n) is 22.8. The molecule has 0 saturated carbocycles. The fourth-order valence-electron chi connectivity index (χ4n) is 5.74. The quantitative estimate of drug-likeness (QED) is 0.362. The lowest BCUT2D eigenvalue weighted by molar-refractivity contribution is -0.143. The molecule has 212 valence electrons. The van der Waals surface area contributed by atoms with Crippen molar-refractivity contribution in [2.24, 2.45) is 5.92 Å². The number of hydrogen-bond acceptors (Lipinski definition) is 8. The summed E-state index contributed by atoms with van der Waals surface area (Å²) in [6.07, 6.45) is 9.23. The highest BCUT2D eigenvalue weighted by molar-refractivity contribution is 5.94. The number of carbonyl (C=O) groups is 2. The van der Waals surface area contributed by atoms with Crippen LogP contribution in [0, 0.1) is 5.92 Å². The summed E-state index contributed by atoms with van der Waals surface area (Å²) in [5.74, 6) is -0.589. The van der Waals surface area contributed by atoms with Crippen LogP contribution in [0.15, 0.2) is 55.1 Å². The predicted molar refractivity (Wildman–Crippen MR) is 147 cm³/mol. The van der Waals surface area contributed by atoms with E-state index in [9.17, 15) is 14.7 Å².